The summed E-state index contributed by atoms with van der Waals surface area (Å²) in [6, 6.07) is 8.64. The highest BCUT2D eigenvalue weighted by molar-refractivity contribution is 5.22. The predicted octanol–water partition coefficient (Wildman–Crippen LogP) is 2.32. The molecule has 0 saturated carbocycles. The fraction of sp³-hybridized carbons (Fsp3) is 0.571. The molecule has 2 N–H and O–H groups in total. The smallest absolute Gasteiger partial charge is 0.0434 e. The van der Waals surface area contributed by atoms with E-state index in [2.05, 4.69) is 24.3 Å². The van der Waals surface area contributed by atoms with Gasteiger partial charge in [-0.05, 0) is 43.2 Å². The molecule has 0 aliphatic heterocycles. The van der Waals surface area contributed by atoms with Crippen molar-refractivity contribution in [2.24, 2.45) is 0 Å². The molecule has 16 heavy (non-hydrogen) atoms. The highest BCUT2D eigenvalue weighted by atomic mass is 16.3. The van der Waals surface area contributed by atoms with Crippen molar-refractivity contribution in [3.05, 3.63) is 35.4 Å². The second-order valence-electron chi connectivity index (χ2n) is 4.18. The second kappa shape index (κ2) is 8.31. The molecule has 0 aromatic heterocycles. The van der Waals surface area contributed by atoms with E-state index in [4.69, 9.17) is 10.2 Å². The van der Waals surface area contributed by atoms with Gasteiger partial charge >= 0.3 is 0 Å². The third-order valence-corrected chi connectivity index (χ3v) is 2.77. The van der Waals surface area contributed by atoms with Crippen molar-refractivity contribution in [2.45, 2.75) is 38.5 Å². The average Bonchev–Trinajstić information content (AvgIpc) is 2.33. The molecule has 0 spiro atoms. The van der Waals surface area contributed by atoms with E-state index in [-0.39, 0.29) is 6.61 Å². The van der Waals surface area contributed by atoms with Gasteiger partial charge in [0.05, 0.1) is 0 Å². The van der Waals surface area contributed by atoms with E-state index in [0.29, 0.717) is 6.61 Å². The standard InChI is InChI=1S/C14H22O2/c15-11-3-1-2-5-13-7-9-14(10-8-13)6-4-12-16/h7-10,15-16H,1-6,11-12H2. The first-order valence-corrected chi connectivity index (χ1v) is 6.16. The number of aliphatic hydroxyl groups is 2. The van der Waals surface area contributed by atoms with Gasteiger partial charge in [0.25, 0.3) is 0 Å². The molecule has 0 amide bonds. The van der Waals surface area contributed by atoms with E-state index in [1.165, 1.54) is 11.1 Å². The van der Waals surface area contributed by atoms with Crippen LogP contribution in [0, 0.1) is 0 Å². The van der Waals surface area contributed by atoms with Crippen LogP contribution in [0.3, 0.4) is 0 Å². The molecule has 0 heterocycles. The van der Waals surface area contributed by atoms with Crippen LogP contribution in [0.4, 0.5) is 0 Å². The minimum Gasteiger partial charge on any atom is -0.396 e. The van der Waals surface area contributed by atoms with Gasteiger partial charge in [0.15, 0.2) is 0 Å². The van der Waals surface area contributed by atoms with Crippen molar-refractivity contribution < 1.29 is 10.2 Å². The summed E-state index contributed by atoms with van der Waals surface area (Å²) in [6.07, 6.45) is 6.06. The van der Waals surface area contributed by atoms with E-state index in [1.807, 2.05) is 0 Å². The first kappa shape index (κ1) is 13.2. The van der Waals surface area contributed by atoms with Crippen LogP contribution < -0.4 is 0 Å². The Morgan fingerprint density at radius 3 is 1.62 bits per heavy atom. The summed E-state index contributed by atoms with van der Waals surface area (Å²) in [5, 5.41) is 17.4. The number of aliphatic hydroxyl groups excluding tert-OH is 2. The molecule has 0 aliphatic carbocycles. The number of hydrogen-bond donors (Lipinski definition) is 2. The van der Waals surface area contributed by atoms with Gasteiger partial charge in [-0.1, -0.05) is 30.7 Å². The molecule has 0 bridgehead atoms. The lowest BCUT2D eigenvalue weighted by atomic mass is 10.0. The SMILES string of the molecule is OCCCCCc1ccc(CCCO)cc1. The third kappa shape index (κ3) is 5.29. The van der Waals surface area contributed by atoms with Crippen LogP contribution in [0.25, 0.3) is 0 Å². The van der Waals surface area contributed by atoms with Crippen molar-refractivity contribution in [3.8, 4) is 0 Å². The molecular formula is C14H22O2. The second-order valence-corrected chi connectivity index (χ2v) is 4.18. The maximum absolute atomic E-state index is 8.73. The molecule has 1 rings (SSSR count). The summed E-state index contributed by atoms with van der Waals surface area (Å²) in [6.45, 7) is 0.572. The van der Waals surface area contributed by atoms with Crippen molar-refractivity contribution in [1.29, 1.82) is 0 Å². The van der Waals surface area contributed by atoms with Gasteiger partial charge in [0.1, 0.15) is 0 Å². The van der Waals surface area contributed by atoms with Gasteiger partial charge in [0.2, 0.25) is 0 Å². The first-order chi connectivity index (χ1) is 7.86. The Balaban J connectivity index is 2.27. The van der Waals surface area contributed by atoms with E-state index < -0.39 is 0 Å². The number of benzene rings is 1. The maximum atomic E-state index is 8.73. The summed E-state index contributed by atoms with van der Waals surface area (Å²) < 4.78 is 0. The fourth-order valence-corrected chi connectivity index (χ4v) is 1.77. The van der Waals surface area contributed by atoms with Crippen molar-refractivity contribution in [3.63, 3.8) is 0 Å². The Bertz CT molecular complexity index is 267. The molecule has 0 atom stereocenters. The van der Waals surface area contributed by atoms with Crippen molar-refractivity contribution >= 4 is 0 Å². The Kier molecular flexibility index (Phi) is 6.86. The molecule has 1 aromatic rings. The Morgan fingerprint density at radius 1 is 0.625 bits per heavy atom. The van der Waals surface area contributed by atoms with Crippen LogP contribution in [0.5, 0.6) is 0 Å². The monoisotopic (exact) mass is 222 g/mol. The lowest BCUT2D eigenvalue weighted by Gasteiger charge is -2.03. The molecule has 0 radical (unpaired) electrons. The molecule has 0 saturated heterocycles. The fourth-order valence-electron chi connectivity index (χ4n) is 1.77. The highest BCUT2D eigenvalue weighted by Crippen LogP contribution is 2.10. The molecule has 0 fully saturated rings. The van der Waals surface area contributed by atoms with Crippen LogP contribution in [-0.4, -0.2) is 23.4 Å². The quantitative estimate of drug-likeness (QED) is 0.663. The van der Waals surface area contributed by atoms with Crippen LogP contribution in [0.15, 0.2) is 24.3 Å². The summed E-state index contributed by atoms with van der Waals surface area (Å²) >= 11 is 0. The van der Waals surface area contributed by atoms with Gasteiger partial charge in [-0.25, -0.2) is 0 Å². The molecule has 1 aromatic carbocycles. The molecule has 0 aliphatic rings. The summed E-state index contributed by atoms with van der Waals surface area (Å²) in [5.41, 5.74) is 2.67. The lowest BCUT2D eigenvalue weighted by Crippen LogP contribution is -1.91. The molecule has 0 unspecified atom stereocenters. The van der Waals surface area contributed by atoms with Crippen LogP contribution in [-0.2, 0) is 12.8 Å². The Hall–Kier alpha value is -0.860. The third-order valence-electron chi connectivity index (χ3n) is 2.77. The zero-order valence-electron chi connectivity index (χ0n) is 9.86. The van der Waals surface area contributed by atoms with Gasteiger partial charge < -0.3 is 10.2 Å². The van der Waals surface area contributed by atoms with Crippen LogP contribution in [0.1, 0.15) is 36.8 Å². The molecular weight excluding hydrogens is 200 g/mol. The number of hydrogen-bond acceptors (Lipinski definition) is 2. The van der Waals surface area contributed by atoms with E-state index in [1.54, 1.807) is 0 Å². The minimum atomic E-state index is 0.267. The normalized spacial score (nSPS) is 10.6. The van der Waals surface area contributed by atoms with Gasteiger partial charge in [-0.3, -0.25) is 0 Å². The molecule has 2 heteroatoms. The largest absolute Gasteiger partial charge is 0.396 e. The summed E-state index contributed by atoms with van der Waals surface area (Å²) in [7, 11) is 0. The lowest BCUT2D eigenvalue weighted by molar-refractivity contribution is 0.283. The van der Waals surface area contributed by atoms with Gasteiger partial charge in [0, 0.05) is 13.2 Å². The van der Waals surface area contributed by atoms with E-state index >= 15 is 0 Å². The maximum Gasteiger partial charge on any atom is 0.0434 e. The van der Waals surface area contributed by atoms with Crippen LogP contribution in [0.2, 0.25) is 0 Å². The zero-order chi connectivity index (χ0) is 11.6. The topological polar surface area (TPSA) is 40.5 Å². The minimum absolute atomic E-state index is 0.267. The molecule has 2 nitrogen and oxygen atoms in total. The average molecular weight is 222 g/mol. The molecule has 90 valence electrons. The number of rotatable bonds is 8. The Labute approximate surface area is 97.9 Å². The summed E-state index contributed by atoms with van der Waals surface area (Å²) in [4.78, 5) is 0. The van der Waals surface area contributed by atoms with Gasteiger partial charge in [-0.2, -0.15) is 0 Å². The summed E-state index contributed by atoms with van der Waals surface area (Å²) in [5.74, 6) is 0. The number of unbranched alkanes of at least 4 members (excludes halogenated alkanes) is 2. The van der Waals surface area contributed by atoms with E-state index in [9.17, 15) is 0 Å². The Morgan fingerprint density at radius 2 is 1.12 bits per heavy atom. The van der Waals surface area contributed by atoms with Gasteiger partial charge in [-0.15, -0.1) is 0 Å². The first-order valence-electron chi connectivity index (χ1n) is 6.16. The van der Waals surface area contributed by atoms with Crippen LogP contribution >= 0.6 is 0 Å². The zero-order valence-corrected chi connectivity index (χ0v) is 9.86. The van der Waals surface area contributed by atoms with Crippen molar-refractivity contribution in [1.82, 2.24) is 0 Å². The van der Waals surface area contributed by atoms with Crippen molar-refractivity contribution in [2.75, 3.05) is 13.2 Å². The predicted molar refractivity (Wildman–Crippen MR) is 66.5 cm³/mol. The number of aryl methyl sites for hydroxylation is 2. The van der Waals surface area contributed by atoms with E-state index in [0.717, 1.165) is 38.5 Å². The highest BCUT2D eigenvalue weighted by Gasteiger charge is 1.95.